The van der Waals surface area contributed by atoms with E-state index in [1.807, 2.05) is 73.7 Å². The van der Waals surface area contributed by atoms with Crippen LogP contribution in [0.1, 0.15) is 25.8 Å². The monoisotopic (exact) mass is 503 g/mol. The molecule has 3 aromatic rings. The van der Waals surface area contributed by atoms with Crippen LogP contribution >= 0.6 is 0 Å². The van der Waals surface area contributed by atoms with E-state index in [2.05, 4.69) is 32.9 Å². The fourth-order valence-electron chi connectivity index (χ4n) is 4.43. The molecule has 196 valence electrons. The second-order valence-corrected chi connectivity index (χ2v) is 9.28. The van der Waals surface area contributed by atoms with Crippen LogP contribution in [0.2, 0.25) is 0 Å². The highest BCUT2D eigenvalue weighted by atomic mass is 16.5. The van der Waals surface area contributed by atoms with Gasteiger partial charge in [-0.1, -0.05) is 37.3 Å². The van der Waals surface area contributed by atoms with Crippen LogP contribution in [0, 0.1) is 0 Å². The summed E-state index contributed by atoms with van der Waals surface area (Å²) < 4.78 is 5.99. The molecule has 1 aliphatic rings. The predicted octanol–water partition coefficient (Wildman–Crippen LogP) is 4.73. The molecule has 1 saturated heterocycles. The Hall–Kier alpha value is -3.75. The van der Waals surface area contributed by atoms with Gasteiger partial charge in [0.2, 0.25) is 0 Å². The molecule has 0 bridgehead atoms. The number of nitrogens with zero attached hydrogens (tertiary/aromatic N) is 2. The fraction of sp³-hybridized carbons (Fsp3) is 0.345. The summed E-state index contributed by atoms with van der Waals surface area (Å²) in [6.07, 6.45) is 0.740. The van der Waals surface area contributed by atoms with Crippen molar-refractivity contribution >= 4 is 23.1 Å². The molecule has 0 aliphatic carbocycles. The smallest absolute Gasteiger partial charge is 0.333 e. The molecule has 1 fully saturated rings. The molecule has 8 heteroatoms. The minimum atomic E-state index is -0.316. The zero-order valence-electron chi connectivity index (χ0n) is 21.6. The van der Waals surface area contributed by atoms with Gasteiger partial charge in [0.15, 0.2) is 0 Å². The number of urea groups is 1. The van der Waals surface area contributed by atoms with E-state index in [4.69, 9.17) is 4.74 Å². The molecule has 1 aliphatic heterocycles. The Kier molecular flexibility index (Phi) is 9.24. The van der Waals surface area contributed by atoms with Gasteiger partial charge >= 0.3 is 6.03 Å². The first-order valence-corrected chi connectivity index (χ1v) is 12.9. The molecule has 0 aromatic heterocycles. The molecule has 4 N–H and O–H groups in total. The number of carbonyl (C=O) groups excluding carboxylic acids is 1. The summed E-state index contributed by atoms with van der Waals surface area (Å²) in [4.78, 5) is 17.1. The highest BCUT2D eigenvalue weighted by Crippen LogP contribution is 2.23. The number of ether oxygens (including phenoxy) is 1. The zero-order chi connectivity index (χ0) is 26.0. The Labute approximate surface area is 219 Å². The molecule has 1 heterocycles. The first-order chi connectivity index (χ1) is 18.0. The van der Waals surface area contributed by atoms with Crippen LogP contribution in [0.15, 0.2) is 78.9 Å². The van der Waals surface area contributed by atoms with E-state index in [1.165, 1.54) is 0 Å². The number of nitrogens with one attached hydrogen (secondary N) is 3. The van der Waals surface area contributed by atoms with Gasteiger partial charge in [-0.2, -0.15) is 0 Å². The third kappa shape index (κ3) is 7.62. The van der Waals surface area contributed by atoms with Gasteiger partial charge in [0, 0.05) is 43.2 Å². The van der Waals surface area contributed by atoms with Crippen LogP contribution in [0.4, 0.5) is 21.9 Å². The van der Waals surface area contributed by atoms with E-state index in [0.29, 0.717) is 6.61 Å². The van der Waals surface area contributed by atoms with Crippen LogP contribution in [0.25, 0.3) is 0 Å². The SMILES string of the molecule is CC[C@H](NNC(=O)Nc1ccc(N2CCN(c3ccc(O)cc3)CC2)cc1)[C@H](C)OCc1ccccc1. The molecule has 3 aromatic carbocycles. The first-order valence-electron chi connectivity index (χ1n) is 12.9. The van der Waals surface area contributed by atoms with E-state index in [1.54, 1.807) is 12.1 Å². The maximum absolute atomic E-state index is 12.5. The summed E-state index contributed by atoms with van der Waals surface area (Å²) in [6, 6.07) is 25.0. The molecule has 2 atom stereocenters. The molecule has 0 spiro atoms. The molecule has 2 amide bonds. The van der Waals surface area contributed by atoms with Gasteiger partial charge in [0.1, 0.15) is 5.75 Å². The van der Waals surface area contributed by atoms with Gasteiger partial charge in [-0.25, -0.2) is 10.2 Å². The number of aromatic hydroxyl groups is 1. The van der Waals surface area contributed by atoms with Crippen molar-refractivity contribution in [2.24, 2.45) is 0 Å². The van der Waals surface area contributed by atoms with Gasteiger partial charge in [0.05, 0.1) is 18.8 Å². The summed E-state index contributed by atoms with van der Waals surface area (Å²) in [7, 11) is 0. The number of benzene rings is 3. The minimum Gasteiger partial charge on any atom is -0.508 e. The molecule has 37 heavy (non-hydrogen) atoms. The van der Waals surface area contributed by atoms with Crippen molar-refractivity contribution in [2.45, 2.75) is 39.0 Å². The second-order valence-electron chi connectivity index (χ2n) is 9.28. The average Bonchev–Trinajstić information content (AvgIpc) is 2.94. The van der Waals surface area contributed by atoms with Crippen molar-refractivity contribution in [1.82, 2.24) is 10.9 Å². The molecule has 0 radical (unpaired) electrons. The summed E-state index contributed by atoms with van der Waals surface area (Å²) in [6.45, 7) is 8.22. The molecular weight excluding hydrogens is 466 g/mol. The lowest BCUT2D eigenvalue weighted by Gasteiger charge is -2.37. The van der Waals surface area contributed by atoms with Gasteiger partial charge in [-0.05, 0) is 67.4 Å². The summed E-state index contributed by atoms with van der Waals surface area (Å²) in [5.41, 5.74) is 9.95. The Bertz CT molecular complexity index is 1100. The van der Waals surface area contributed by atoms with Gasteiger partial charge < -0.3 is 25.0 Å². The maximum Gasteiger partial charge on any atom is 0.333 e. The number of hydrogen-bond donors (Lipinski definition) is 4. The number of phenolic OH excluding ortho intramolecular Hbond substituents is 1. The van der Waals surface area contributed by atoms with Crippen LogP contribution in [-0.4, -0.2) is 49.5 Å². The molecule has 0 saturated carbocycles. The van der Waals surface area contributed by atoms with Gasteiger partial charge in [-0.15, -0.1) is 0 Å². The topological polar surface area (TPSA) is 89.1 Å². The number of carbonyl (C=O) groups is 1. The van der Waals surface area contributed by atoms with Crippen molar-refractivity contribution in [2.75, 3.05) is 41.3 Å². The number of rotatable bonds is 10. The predicted molar refractivity (Wildman–Crippen MR) is 149 cm³/mol. The maximum atomic E-state index is 12.5. The highest BCUT2D eigenvalue weighted by Gasteiger charge is 2.19. The van der Waals surface area contributed by atoms with Crippen molar-refractivity contribution in [3.63, 3.8) is 0 Å². The lowest BCUT2D eigenvalue weighted by Crippen LogP contribution is -2.50. The van der Waals surface area contributed by atoms with Crippen LogP contribution in [-0.2, 0) is 11.3 Å². The normalized spacial score (nSPS) is 15.2. The van der Waals surface area contributed by atoms with E-state index < -0.39 is 0 Å². The average molecular weight is 504 g/mol. The van der Waals surface area contributed by atoms with Crippen molar-refractivity contribution in [3.05, 3.63) is 84.4 Å². The van der Waals surface area contributed by atoms with E-state index in [0.717, 1.165) is 55.2 Å². The summed E-state index contributed by atoms with van der Waals surface area (Å²) in [5, 5.41) is 12.4. The number of piperazine rings is 1. The lowest BCUT2D eigenvalue weighted by molar-refractivity contribution is 0.0236. The summed E-state index contributed by atoms with van der Waals surface area (Å²) >= 11 is 0. The quantitative estimate of drug-likeness (QED) is 0.299. The zero-order valence-corrected chi connectivity index (χ0v) is 21.6. The number of hydrogen-bond acceptors (Lipinski definition) is 6. The minimum absolute atomic E-state index is 0.0166. The van der Waals surface area contributed by atoms with E-state index in [9.17, 15) is 9.90 Å². The number of amides is 2. The summed E-state index contributed by atoms with van der Waals surface area (Å²) in [5.74, 6) is 0.285. The third-order valence-electron chi connectivity index (χ3n) is 6.72. The molecular formula is C29H37N5O3. The largest absolute Gasteiger partial charge is 0.508 e. The van der Waals surface area contributed by atoms with Crippen LogP contribution < -0.4 is 26.0 Å². The highest BCUT2D eigenvalue weighted by molar-refractivity contribution is 5.89. The standard InChI is InChI=1S/C29H37N5O3/c1-3-28(22(2)37-21-23-7-5-4-6-8-23)31-32-29(36)30-24-9-11-25(12-10-24)33-17-19-34(20-18-33)26-13-15-27(35)16-14-26/h4-16,22,28,31,35H,3,17-21H2,1-2H3,(H2,30,32,36)/t22-,28-/m0/s1. The fourth-order valence-corrected chi connectivity index (χ4v) is 4.43. The van der Waals surface area contributed by atoms with Gasteiger partial charge in [0.25, 0.3) is 0 Å². The van der Waals surface area contributed by atoms with Crippen molar-refractivity contribution in [3.8, 4) is 5.75 Å². The van der Waals surface area contributed by atoms with Crippen LogP contribution in [0.3, 0.4) is 0 Å². The van der Waals surface area contributed by atoms with E-state index >= 15 is 0 Å². The molecule has 8 nitrogen and oxygen atoms in total. The Morgan fingerprint density at radius 3 is 2.03 bits per heavy atom. The van der Waals surface area contributed by atoms with Crippen molar-refractivity contribution in [1.29, 1.82) is 0 Å². The number of anilines is 3. The second kappa shape index (κ2) is 13.0. The van der Waals surface area contributed by atoms with Crippen molar-refractivity contribution < 1.29 is 14.6 Å². The Morgan fingerprint density at radius 1 is 0.892 bits per heavy atom. The number of hydrazine groups is 1. The lowest BCUT2D eigenvalue weighted by atomic mass is 10.1. The van der Waals surface area contributed by atoms with Gasteiger partial charge in [-0.3, -0.25) is 5.43 Å². The first kappa shape index (κ1) is 26.3. The Balaban J connectivity index is 1.20. The molecule has 4 rings (SSSR count). The number of phenols is 1. The molecule has 0 unspecified atom stereocenters. The van der Waals surface area contributed by atoms with E-state index in [-0.39, 0.29) is 23.9 Å². The van der Waals surface area contributed by atoms with Crippen LogP contribution in [0.5, 0.6) is 5.75 Å². The Morgan fingerprint density at radius 2 is 1.46 bits per heavy atom. The third-order valence-corrected chi connectivity index (χ3v) is 6.72.